The third kappa shape index (κ3) is 2.81. The first-order chi connectivity index (χ1) is 9.65. The van der Waals surface area contributed by atoms with Crippen LogP contribution in [0.15, 0.2) is 35.3 Å². The molecule has 1 aromatic heterocycles. The van der Waals surface area contributed by atoms with Gasteiger partial charge in [0.05, 0.1) is 13.7 Å². The number of imidazole rings is 1. The molecule has 1 heterocycles. The highest BCUT2D eigenvalue weighted by Crippen LogP contribution is 2.12. The lowest BCUT2D eigenvalue weighted by molar-refractivity contribution is -0.103. The SMILES string of the molecule is COc1ccc(Cn2cc(C#CC=O)n(C)c2=O)cc1. The Morgan fingerprint density at radius 3 is 2.60 bits per heavy atom. The van der Waals surface area contributed by atoms with Gasteiger partial charge in [0, 0.05) is 13.2 Å². The molecule has 0 aliphatic carbocycles. The molecule has 5 nitrogen and oxygen atoms in total. The molecule has 102 valence electrons. The highest BCUT2D eigenvalue weighted by atomic mass is 16.5. The summed E-state index contributed by atoms with van der Waals surface area (Å²) < 4.78 is 8.06. The van der Waals surface area contributed by atoms with Crippen LogP contribution < -0.4 is 10.4 Å². The first-order valence-corrected chi connectivity index (χ1v) is 6.00. The lowest BCUT2D eigenvalue weighted by Gasteiger charge is -2.03. The number of ether oxygens (including phenoxy) is 1. The van der Waals surface area contributed by atoms with Gasteiger partial charge < -0.3 is 4.74 Å². The van der Waals surface area contributed by atoms with Gasteiger partial charge in [0.1, 0.15) is 11.4 Å². The molecule has 0 radical (unpaired) electrons. The monoisotopic (exact) mass is 270 g/mol. The molecule has 2 aromatic rings. The van der Waals surface area contributed by atoms with Crippen molar-refractivity contribution in [1.29, 1.82) is 0 Å². The fraction of sp³-hybridized carbons (Fsp3) is 0.200. The third-order valence-electron chi connectivity index (χ3n) is 2.94. The van der Waals surface area contributed by atoms with Crippen LogP contribution in [0.5, 0.6) is 5.75 Å². The van der Waals surface area contributed by atoms with Crippen LogP contribution in [0.2, 0.25) is 0 Å². The van der Waals surface area contributed by atoms with Gasteiger partial charge in [-0.25, -0.2) is 4.79 Å². The zero-order valence-electron chi connectivity index (χ0n) is 11.3. The summed E-state index contributed by atoms with van der Waals surface area (Å²) in [5.74, 6) is 5.71. The van der Waals surface area contributed by atoms with Gasteiger partial charge in [0.15, 0.2) is 6.29 Å². The summed E-state index contributed by atoms with van der Waals surface area (Å²) >= 11 is 0. The maximum absolute atomic E-state index is 12.0. The molecule has 0 aliphatic heterocycles. The Bertz CT molecular complexity index is 727. The van der Waals surface area contributed by atoms with E-state index in [1.54, 1.807) is 24.9 Å². The van der Waals surface area contributed by atoms with Crippen LogP contribution in [-0.2, 0) is 18.4 Å². The molecular formula is C15H14N2O3. The molecule has 0 bridgehead atoms. The Balaban J connectivity index is 2.29. The number of hydrogen-bond acceptors (Lipinski definition) is 3. The largest absolute Gasteiger partial charge is 0.497 e. The topological polar surface area (TPSA) is 53.2 Å². The van der Waals surface area contributed by atoms with Crippen LogP contribution in [0, 0.1) is 11.8 Å². The molecule has 0 N–H and O–H groups in total. The van der Waals surface area contributed by atoms with Crippen molar-refractivity contribution in [3.63, 3.8) is 0 Å². The minimum absolute atomic E-state index is 0.170. The van der Waals surface area contributed by atoms with Gasteiger partial charge in [-0.3, -0.25) is 13.9 Å². The Morgan fingerprint density at radius 2 is 2.00 bits per heavy atom. The number of aromatic nitrogens is 2. The van der Waals surface area contributed by atoms with Crippen molar-refractivity contribution in [2.45, 2.75) is 6.54 Å². The molecule has 0 atom stereocenters. The summed E-state index contributed by atoms with van der Waals surface area (Å²) in [6, 6.07) is 7.48. The molecule has 0 amide bonds. The molecule has 0 saturated heterocycles. The molecule has 20 heavy (non-hydrogen) atoms. The van der Waals surface area contributed by atoms with E-state index in [1.807, 2.05) is 24.3 Å². The lowest BCUT2D eigenvalue weighted by atomic mass is 10.2. The number of aldehydes is 1. The van der Waals surface area contributed by atoms with Crippen LogP contribution in [0.1, 0.15) is 11.3 Å². The summed E-state index contributed by atoms with van der Waals surface area (Å²) in [5.41, 5.74) is 1.32. The van der Waals surface area contributed by atoms with E-state index in [0.717, 1.165) is 11.3 Å². The Kier molecular flexibility index (Phi) is 4.06. The van der Waals surface area contributed by atoms with Crippen molar-refractivity contribution in [2.75, 3.05) is 7.11 Å². The number of nitrogens with zero attached hydrogens (tertiary/aromatic N) is 2. The zero-order valence-corrected chi connectivity index (χ0v) is 11.3. The normalized spacial score (nSPS) is 9.70. The van der Waals surface area contributed by atoms with Gasteiger partial charge in [0.25, 0.3) is 0 Å². The van der Waals surface area contributed by atoms with E-state index in [4.69, 9.17) is 4.74 Å². The molecule has 2 rings (SSSR count). The number of methoxy groups -OCH3 is 1. The van der Waals surface area contributed by atoms with Crippen LogP contribution in [0.25, 0.3) is 0 Å². The van der Waals surface area contributed by atoms with E-state index in [0.29, 0.717) is 18.5 Å². The van der Waals surface area contributed by atoms with Crippen molar-refractivity contribution in [1.82, 2.24) is 9.13 Å². The molecule has 1 aromatic carbocycles. The van der Waals surface area contributed by atoms with E-state index < -0.39 is 0 Å². The van der Waals surface area contributed by atoms with Gasteiger partial charge in [-0.15, -0.1) is 0 Å². The second-order valence-corrected chi connectivity index (χ2v) is 4.22. The second kappa shape index (κ2) is 5.93. The second-order valence-electron chi connectivity index (χ2n) is 4.22. The number of hydrogen-bond donors (Lipinski definition) is 0. The summed E-state index contributed by atoms with van der Waals surface area (Å²) in [7, 11) is 3.23. The predicted molar refractivity (Wildman–Crippen MR) is 74.7 cm³/mol. The van der Waals surface area contributed by atoms with Crippen LogP contribution in [0.3, 0.4) is 0 Å². The number of rotatable bonds is 3. The van der Waals surface area contributed by atoms with Gasteiger partial charge in [-0.1, -0.05) is 12.1 Å². The van der Waals surface area contributed by atoms with Crippen LogP contribution in [-0.4, -0.2) is 22.5 Å². The fourth-order valence-corrected chi connectivity index (χ4v) is 1.85. The zero-order chi connectivity index (χ0) is 14.5. The molecular weight excluding hydrogens is 256 g/mol. The first kappa shape index (κ1) is 13.7. The highest BCUT2D eigenvalue weighted by Gasteiger charge is 2.06. The van der Waals surface area contributed by atoms with Crippen molar-refractivity contribution >= 4 is 6.29 Å². The summed E-state index contributed by atoms with van der Waals surface area (Å²) in [4.78, 5) is 22.3. The van der Waals surface area contributed by atoms with Gasteiger partial charge in [-0.2, -0.15) is 0 Å². The molecule has 0 spiro atoms. The van der Waals surface area contributed by atoms with Gasteiger partial charge >= 0.3 is 5.69 Å². The Morgan fingerprint density at radius 1 is 1.30 bits per heavy atom. The van der Waals surface area contributed by atoms with E-state index in [1.165, 1.54) is 4.57 Å². The quantitative estimate of drug-likeness (QED) is 0.612. The van der Waals surface area contributed by atoms with Gasteiger partial charge in [-0.05, 0) is 29.5 Å². The van der Waals surface area contributed by atoms with Crippen molar-refractivity contribution in [3.05, 3.63) is 52.2 Å². The summed E-state index contributed by atoms with van der Waals surface area (Å²) in [6.45, 7) is 0.444. The molecule has 0 unspecified atom stereocenters. The molecule has 0 fully saturated rings. The average Bonchev–Trinajstić information content (AvgIpc) is 2.74. The standard InChI is InChI=1S/C15H14N2O3/c1-16-13(4-3-9-18)11-17(15(16)19)10-12-5-7-14(20-2)8-6-12/h5-9,11H,10H2,1-2H3. The van der Waals surface area contributed by atoms with Crippen molar-refractivity contribution < 1.29 is 9.53 Å². The summed E-state index contributed by atoms with van der Waals surface area (Å²) in [6.07, 6.45) is 2.15. The van der Waals surface area contributed by atoms with E-state index >= 15 is 0 Å². The van der Waals surface area contributed by atoms with Gasteiger partial charge in [0.2, 0.25) is 0 Å². The van der Waals surface area contributed by atoms with Crippen LogP contribution in [0.4, 0.5) is 0 Å². The third-order valence-corrected chi connectivity index (χ3v) is 2.94. The van der Waals surface area contributed by atoms with Crippen molar-refractivity contribution in [3.8, 4) is 17.6 Å². The van der Waals surface area contributed by atoms with E-state index in [9.17, 15) is 9.59 Å². The minimum atomic E-state index is -0.170. The predicted octanol–water partition coefficient (Wildman–Crippen LogP) is 0.794. The summed E-state index contributed by atoms with van der Waals surface area (Å²) in [5, 5.41) is 0. The average molecular weight is 270 g/mol. The van der Waals surface area contributed by atoms with E-state index in [2.05, 4.69) is 11.8 Å². The maximum atomic E-state index is 12.0. The van der Waals surface area contributed by atoms with E-state index in [-0.39, 0.29) is 5.69 Å². The fourth-order valence-electron chi connectivity index (χ4n) is 1.85. The smallest absolute Gasteiger partial charge is 0.329 e. The number of carbonyl (C=O) groups is 1. The maximum Gasteiger partial charge on any atom is 0.329 e. The molecule has 0 aliphatic rings. The van der Waals surface area contributed by atoms with Crippen LogP contribution >= 0.6 is 0 Å². The number of carbonyl (C=O) groups excluding carboxylic acids is 1. The lowest BCUT2D eigenvalue weighted by Crippen LogP contribution is -2.22. The Labute approximate surface area is 116 Å². The molecule has 0 saturated carbocycles. The number of benzene rings is 1. The first-order valence-electron chi connectivity index (χ1n) is 6.00. The van der Waals surface area contributed by atoms with Crippen molar-refractivity contribution in [2.24, 2.45) is 7.05 Å². The minimum Gasteiger partial charge on any atom is -0.497 e. The Hall–Kier alpha value is -2.74. The molecule has 5 heteroatoms. The highest BCUT2D eigenvalue weighted by molar-refractivity contribution is 5.73.